The summed E-state index contributed by atoms with van der Waals surface area (Å²) >= 11 is 6.00. The van der Waals surface area contributed by atoms with E-state index in [1.165, 1.54) is 13.0 Å². The monoisotopic (exact) mass is 304 g/mol. The Kier molecular flexibility index (Phi) is 4.19. The summed E-state index contributed by atoms with van der Waals surface area (Å²) in [5, 5.41) is -0.333. The Balaban J connectivity index is 2.75. The van der Waals surface area contributed by atoms with Crippen LogP contribution in [0.4, 0.5) is 0 Å². The van der Waals surface area contributed by atoms with Crippen molar-refractivity contribution in [3.63, 3.8) is 0 Å². The maximum Gasteiger partial charge on any atom is 0.245 e. The van der Waals surface area contributed by atoms with Crippen LogP contribution in [0.1, 0.15) is 36.2 Å². The molecule has 0 bridgehead atoms. The number of rotatable bonds is 4. The summed E-state index contributed by atoms with van der Waals surface area (Å²) in [7, 11) is 0. The molecular formula is C16H13ClO4. The molecule has 108 valence electrons. The predicted molar refractivity (Wildman–Crippen MR) is 78.0 cm³/mol. The average molecular weight is 305 g/mol. The molecule has 5 heteroatoms. The number of allylic oxidation sites excluding steroid dienone is 2. The van der Waals surface area contributed by atoms with E-state index in [9.17, 15) is 19.2 Å². The number of hydrogen-bond acceptors (Lipinski definition) is 4. The summed E-state index contributed by atoms with van der Waals surface area (Å²) in [5.41, 5.74) is 0.711. The van der Waals surface area contributed by atoms with Gasteiger partial charge < -0.3 is 0 Å². The van der Waals surface area contributed by atoms with E-state index in [0.717, 1.165) is 0 Å². The second kappa shape index (κ2) is 5.74. The molecule has 0 N–H and O–H groups in total. The number of ketones is 4. The van der Waals surface area contributed by atoms with E-state index < -0.39 is 23.3 Å². The minimum absolute atomic E-state index is 0.141. The first-order chi connectivity index (χ1) is 9.90. The fraction of sp³-hybridized carbons (Fsp3) is 0.250. The molecule has 0 saturated heterocycles. The van der Waals surface area contributed by atoms with Crippen LogP contribution in [0.2, 0.25) is 0 Å². The van der Waals surface area contributed by atoms with Crippen molar-refractivity contribution in [3.8, 4) is 0 Å². The van der Waals surface area contributed by atoms with E-state index in [1.807, 2.05) is 0 Å². The molecule has 0 saturated carbocycles. The first kappa shape index (κ1) is 15.3. The van der Waals surface area contributed by atoms with Gasteiger partial charge in [0.1, 0.15) is 17.5 Å². The SMILES string of the molecule is CCC(=O)C(C(C)=O)C1=C(Cl)C(=O)C(=O)c2ccccc21. The number of Topliss-reactive ketones (excluding diaryl/α,β-unsaturated/α-hetero) is 4. The molecule has 21 heavy (non-hydrogen) atoms. The number of carbonyl (C=O) groups is 4. The van der Waals surface area contributed by atoms with Gasteiger partial charge in [-0.2, -0.15) is 0 Å². The van der Waals surface area contributed by atoms with Crippen LogP contribution < -0.4 is 0 Å². The minimum atomic E-state index is -1.11. The summed E-state index contributed by atoms with van der Waals surface area (Å²) in [6.45, 7) is 2.91. The highest BCUT2D eigenvalue weighted by Crippen LogP contribution is 2.37. The van der Waals surface area contributed by atoms with Gasteiger partial charge in [0.2, 0.25) is 11.6 Å². The lowest BCUT2D eigenvalue weighted by atomic mass is 9.79. The molecule has 0 radical (unpaired) electrons. The Morgan fingerprint density at radius 1 is 1.10 bits per heavy atom. The average Bonchev–Trinajstić information content (AvgIpc) is 2.48. The molecule has 2 rings (SSSR count). The summed E-state index contributed by atoms with van der Waals surface area (Å²) in [6.07, 6.45) is 0.141. The summed E-state index contributed by atoms with van der Waals surface area (Å²) in [6, 6.07) is 6.37. The van der Waals surface area contributed by atoms with Gasteiger partial charge in [-0.25, -0.2) is 0 Å². The molecule has 1 aliphatic carbocycles. The molecule has 0 spiro atoms. The van der Waals surface area contributed by atoms with E-state index in [-0.39, 0.29) is 28.4 Å². The van der Waals surface area contributed by atoms with Gasteiger partial charge in [0.05, 0.1) is 5.03 Å². The van der Waals surface area contributed by atoms with E-state index in [4.69, 9.17) is 11.6 Å². The van der Waals surface area contributed by atoms with Gasteiger partial charge in [0, 0.05) is 17.6 Å². The Morgan fingerprint density at radius 3 is 2.19 bits per heavy atom. The Bertz CT molecular complexity index is 700. The summed E-state index contributed by atoms with van der Waals surface area (Å²) in [5.74, 6) is -3.42. The van der Waals surface area contributed by atoms with E-state index in [2.05, 4.69) is 0 Å². The number of fused-ring (bicyclic) bond motifs is 1. The highest BCUT2D eigenvalue weighted by Gasteiger charge is 2.38. The van der Waals surface area contributed by atoms with Gasteiger partial charge in [-0.05, 0) is 12.5 Å². The lowest BCUT2D eigenvalue weighted by Crippen LogP contribution is -2.30. The van der Waals surface area contributed by atoms with Crippen LogP contribution in [0.3, 0.4) is 0 Å². The maximum atomic E-state index is 12.1. The molecule has 1 aromatic carbocycles. The van der Waals surface area contributed by atoms with Crippen molar-refractivity contribution in [1.82, 2.24) is 0 Å². The van der Waals surface area contributed by atoms with Crippen LogP contribution in [0.15, 0.2) is 29.3 Å². The van der Waals surface area contributed by atoms with Crippen molar-refractivity contribution >= 4 is 40.3 Å². The third-order valence-electron chi connectivity index (χ3n) is 3.47. The van der Waals surface area contributed by atoms with Crippen LogP contribution in [0.5, 0.6) is 0 Å². The first-order valence-electron chi connectivity index (χ1n) is 6.51. The lowest BCUT2D eigenvalue weighted by Gasteiger charge is -2.23. The molecule has 1 aromatic rings. The van der Waals surface area contributed by atoms with Gasteiger partial charge in [-0.15, -0.1) is 0 Å². The summed E-state index contributed by atoms with van der Waals surface area (Å²) < 4.78 is 0. The van der Waals surface area contributed by atoms with E-state index in [1.54, 1.807) is 25.1 Å². The fourth-order valence-corrected chi connectivity index (χ4v) is 2.75. The second-order valence-electron chi connectivity index (χ2n) is 4.80. The standard InChI is InChI=1S/C16H13ClO4/c1-3-11(19)12(8(2)18)13-9-6-4-5-7-10(9)15(20)16(21)14(13)17/h4-7,12H,3H2,1-2H3. The number of carbonyl (C=O) groups excluding carboxylic acids is 4. The molecule has 0 amide bonds. The largest absolute Gasteiger partial charge is 0.299 e. The van der Waals surface area contributed by atoms with E-state index in [0.29, 0.717) is 5.56 Å². The van der Waals surface area contributed by atoms with Crippen LogP contribution in [0.25, 0.3) is 5.57 Å². The van der Waals surface area contributed by atoms with Gasteiger partial charge >= 0.3 is 0 Å². The zero-order chi connectivity index (χ0) is 15.7. The Hall–Kier alpha value is -2.07. The molecule has 0 heterocycles. The van der Waals surface area contributed by atoms with Crippen LogP contribution in [-0.4, -0.2) is 23.1 Å². The Labute approximate surface area is 126 Å². The highest BCUT2D eigenvalue weighted by molar-refractivity contribution is 6.64. The topological polar surface area (TPSA) is 68.3 Å². The Morgan fingerprint density at radius 2 is 1.67 bits per heavy atom. The highest BCUT2D eigenvalue weighted by atomic mass is 35.5. The second-order valence-corrected chi connectivity index (χ2v) is 5.17. The molecular weight excluding hydrogens is 292 g/mol. The lowest BCUT2D eigenvalue weighted by molar-refractivity contribution is -0.128. The minimum Gasteiger partial charge on any atom is -0.299 e. The van der Waals surface area contributed by atoms with Gasteiger partial charge in [-0.1, -0.05) is 42.8 Å². The van der Waals surface area contributed by atoms with E-state index >= 15 is 0 Å². The molecule has 1 aliphatic rings. The third kappa shape index (κ3) is 2.47. The van der Waals surface area contributed by atoms with Crippen molar-refractivity contribution in [2.24, 2.45) is 5.92 Å². The molecule has 0 aliphatic heterocycles. The van der Waals surface area contributed by atoms with Crippen LogP contribution >= 0.6 is 11.6 Å². The molecule has 1 atom stereocenters. The van der Waals surface area contributed by atoms with Gasteiger partial charge in [-0.3, -0.25) is 19.2 Å². The fourth-order valence-electron chi connectivity index (χ4n) is 2.46. The zero-order valence-electron chi connectivity index (χ0n) is 11.6. The van der Waals surface area contributed by atoms with Crippen LogP contribution in [-0.2, 0) is 14.4 Å². The molecule has 0 fully saturated rings. The predicted octanol–water partition coefficient (Wildman–Crippen LogP) is 2.59. The van der Waals surface area contributed by atoms with Gasteiger partial charge in [0.25, 0.3) is 0 Å². The smallest absolute Gasteiger partial charge is 0.245 e. The molecule has 0 aromatic heterocycles. The summed E-state index contributed by atoms with van der Waals surface area (Å²) in [4.78, 5) is 47.9. The van der Waals surface area contributed by atoms with Crippen molar-refractivity contribution in [2.75, 3.05) is 0 Å². The van der Waals surface area contributed by atoms with Crippen molar-refractivity contribution in [2.45, 2.75) is 20.3 Å². The zero-order valence-corrected chi connectivity index (χ0v) is 12.4. The number of halogens is 1. The van der Waals surface area contributed by atoms with Crippen molar-refractivity contribution in [3.05, 3.63) is 40.4 Å². The van der Waals surface area contributed by atoms with Gasteiger partial charge in [0.15, 0.2) is 0 Å². The molecule has 4 nitrogen and oxygen atoms in total. The van der Waals surface area contributed by atoms with Crippen LogP contribution in [0, 0.1) is 5.92 Å². The third-order valence-corrected chi connectivity index (χ3v) is 3.84. The van der Waals surface area contributed by atoms with Crippen molar-refractivity contribution in [1.29, 1.82) is 0 Å². The number of benzene rings is 1. The number of hydrogen-bond donors (Lipinski definition) is 0. The quantitative estimate of drug-likeness (QED) is 0.633. The maximum absolute atomic E-state index is 12.1. The normalized spacial score (nSPS) is 15.8. The first-order valence-corrected chi connectivity index (χ1v) is 6.89. The molecule has 1 unspecified atom stereocenters. The van der Waals surface area contributed by atoms with Crippen molar-refractivity contribution < 1.29 is 19.2 Å².